The van der Waals surface area contributed by atoms with Gasteiger partial charge in [-0.25, -0.2) is 19.9 Å². The normalized spacial score (nSPS) is 17.0. The molecule has 3 rings (SSSR count). The van der Waals surface area contributed by atoms with Gasteiger partial charge in [-0.1, -0.05) is 0 Å². The van der Waals surface area contributed by atoms with Crippen LogP contribution >= 0.6 is 0 Å². The van der Waals surface area contributed by atoms with Crippen molar-refractivity contribution in [1.29, 1.82) is 0 Å². The van der Waals surface area contributed by atoms with Crippen LogP contribution in [-0.4, -0.2) is 52.2 Å². The molecular formula is C17H25N7O. The van der Waals surface area contributed by atoms with E-state index in [0.29, 0.717) is 11.9 Å². The number of aromatic nitrogens is 4. The summed E-state index contributed by atoms with van der Waals surface area (Å²) in [4.78, 5) is 19.3. The molecule has 0 radical (unpaired) electrons. The Morgan fingerprint density at radius 2 is 1.96 bits per heavy atom. The summed E-state index contributed by atoms with van der Waals surface area (Å²) in [6, 6.07) is 4.18. The van der Waals surface area contributed by atoms with Crippen molar-refractivity contribution < 1.29 is 4.74 Å². The maximum atomic E-state index is 5.62. The van der Waals surface area contributed by atoms with Crippen LogP contribution in [0.5, 0.6) is 5.88 Å². The zero-order chi connectivity index (χ0) is 17.6. The highest BCUT2D eigenvalue weighted by Crippen LogP contribution is 2.25. The molecule has 1 saturated heterocycles. The van der Waals surface area contributed by atoms with Gasteiger partial charge in [0.05, 0.1) is 6.10 Å². The fourth-order valence-corrected chi connectivity index (χ4v) is 2.95. The average molecular weight is 343 g/mol. The first-order chi connectivity index (χ1) is 12.2. The first kappa shape index (κ1) is 17.2. The van der Waals surface area contributed by atoms with E-state index in [-0.39, 0.29) is 6.10 Å². The third-order valence-electron chi connectivity index (χ3n) is 4.10. The highest BCUT2D eigenvalue weighted by Gasteiger charge is 2.25. The number of rotatable bonds is 7. The second kappa shape index (κ2) is 7.96. The Morgan fingerprint density at radius 3 is 2.76 bits per heavy atom. The van der Waals surface area contributed by atoms with Crippen molar-refractivity contribution in [2.24, 2.45) is 0 Å². The molecule has 8 heteroatoms. The van der Waals surface area contributed by atoms with Crippen LogP contribution in [-0.2, 0) is 0 Å². The van der Waals surface area contributed by atoms with Crippen LogP contribution < -0.4 is 20.3 Å². The van der Waals surface area contributed by atoms with Crippen LogP contribution in [0.2, 0.25) is 0 Å². The summed E-state index contributed by atoms with van der Waals surface area (Å²) in [7, 11) is 1.86. The monoisotopic (exact) mass is 343 g/mol. The molecule has 0 saturated carbocycles. The fourth-order valence-electron chi connectivity index (χ4n) is 2.95. The standard InChI is InChI=1S/C17H25N7O/c1-12(2)25-17-8-15(21-11-23-17)19-9-13-5-4-6-24(13)16-7-14(18-3)20-10-22-16/h7-8,10-13H,4-6,9H2,1-3H3,(H,18,20,22)(H,19,21,23). The Morgan fingerprint density at radius 1 is 1.16 bits per heavy atom. The van der Waals surface area contributed by atoms with Gasteiger partial charge in [0.25, 0.3) is 0 Å². The lowest BCUT2D eigenvalue weighted by Gasteiger charge is -2.26. The molecule has 1 atom stereocenters. The van der Waals surface area contributed by atoms with Crippen molar-refractivity contribution in [3.63, 3.8) is 0 Å². The number of nitrogens with one attached hydrogen (secondary N) is 2. The molecule has 1 unspecified atom stereocenters. The lowest BCUT2D eigenvalue weighted by atomic mass is 10.2. The topological polar surface area (TPSA) is 88.1 Å². The number of nitrogens with zero attached hydrogens (tertiary/aromatic N) is 5. The molecule has 0 aromatic carbocycles. The van der Waals surface area contributed by atoms with Crippen molar-refractivity contribution in [2.45, 2.75) is 38.8 Å². The van der Waals surface area contributed by atoms with Gasteiger partial charge in [-0.2, -0.15) is 0 Å². The molecule has 1 aliphatic heterocycles. The van der Waals surface area contributed by atoms with Crippen molar-refractivity contribution in [3.05, 3.63) is 24.8 Å². The predicted molar refractivity (Wildman–Crippen MR) is 98.2 cm³/mol. The van der Waals surface area contributed by atoms with E-state index in [1.54, 1.807) is 6.33 Å². The van der Waals surface area contributed by atoms with E-state index in [4.69, 9.17) is 4.74 Å². The summed E-state index contributed by atoms with van der Waals surface area (Å²) in [6.45, 7) is 5.74. The Balaban J connectivity index is 1.64. The van der Waals surface area contributed by atoms with E-state index < -0.39 is 0 Å². The minimum absolute atomic E-state index is 0.0900. The van der Waals surface area contributed by atoms with E-state index in [1.807, 2.05) is 33.0 Å². The molecule has 2 aromatic heterocycles. The van der Waals surface area contributed by atoms with Gasteiger partial charge in [-0.15, -0.1) is 0 Å². The van der Waals surface area contributed by atoms with Gasteiger partial charge in [0.1, 0.15) is 30.1 Å². The van der Waals surface area contributed by atoms with E-state index >= 15 is 0 Å². The first-order valence-electron chi connectivity index (χ1n) is 8.64. The van der Waals surface area contributed by atoms with Gasteiger partial charge in [-0.05, 0) is 26.7 Å². The molecule has 0 bridgehead atoms. The minimum Gasteiger partial charge on any atom is -0.475 e. The minimum atomic E-state index is 0.0900. The average Bonchev–Trinajstić information content (AvgIpc) is 3.08. The summed E-state index contributed by atoms with van der Waals surface area (Å²) >= 11 is 0. The summed E-state index contributed by atoms with van der Waals surface area (Å²) in [5, 5.41) is 6.46. The SMILES string of the molecule is CNc1cc(N2CCCC2CNc2cc(OC(C)C)ncn2)ncn1. The largest absolute Gasteiger partial charge is 0.475 e. The molecule has 1 fully saturated rings. The predicted octanol–water partition coefficient (Wildman–Crippen LogP) is 2.18. The molecule has 0 aliphatic carbocycles. The van der Waals surface area contributed by atoms with Gasteiger partial charge in [0.15, 0.2) is 0 Å². The van der Waals surface area contributed by atoms with Crippen LogP contribution in [0.15, 0.2) is 24.8 Å². The molecule has 2 aromatic rings. The zero-order valence-corrected chi connectivity index (χ0v) is 14.9. The molecule has 25 heavy (non-hydrogen) atoms. The second-order valence-electron chi connectivity index (χ2n) is 6.29. The van der Waals surface area contributed by atoms with Crippen molar-refractivity contribution in [1.82, 2.24) is 19.9 Å². The molecule has 134 valence electrons. The Bertz CT molecular complexity index is 694. The lowest BCUT2D eigenvalue weighted by Crippen LogP contribution is -2.35. The van der Waals surface area contributed by atoms with E-state index in [1.165, 1.54) is 6.33 Å². The van der Waals surface area contributed by atoms with Gasteiger partial charge in [0, 0.05) is 38.3 Å². The van der Waals surface area contributed by atoms with Gasteiger partial charge in [0.2, 0.25) is 5.88 Å². The highest BCUT2D eigenvalue weighted by atomic mass is 16.5. The Hall–Kier alpha value is -2.64. The van der Waals surface area contributed by atoms with Crippen LogP contribution in [0.4, 0.5) is 17.5 Å². The molecule has 0 amide bonds. The molecular weight excluding hydrogens is 318 g/mol. The maximum absolute atomic E-state index is 5.62. The lowest BCUT2D eigenvalue weighted by molar-refractivity contribution is 0.232. The van der Waals surface area contributed by atoms with Crippen LogP contribution in [0.25, 0.3) is 0 Å². The molecule has 2 N–H and O–H groups in total. The molecule has 1 aliphatic rings. The number of ether oxygens (including phenoxy) is 1. The number of hydrogen-bond donors (Lipinski definition) is 2. The Kier molecular flexibility index (Phi) is 5.47. The van der Waals surface area contributed by atoms with Crippen molar-refractivity contribution >= 4 is 17.5 Å². The number of hydrogen-bond acceptors (Lipinski definition) is 8. The molecule has 3 heterocycles. The summed E-state index contributed by atoms with van der Waals surface area (Å²) in [5.74, 6) is 3.14. The fraction of sp³-hybridized carbons (Fsp3) is 0.529. The summed E-state index contributed by atoms with van der Waals surface area (Å²) in [5.41, 5.74) is 0. The third-order valence-corrected chi connectivity index (χ3v) is 4.10. The third kappa shape index (κ3) is 4.46. The van der Waals surface area contributed by atoms with Crippen LogP contribution in [0.1, 0.15) is 26.7 Å². The van der Waals surface area contributed by atoms with Gasteiger partial charge >= 0.3 is 0 Å². The molecule has 0 spiro atoms. The van der Waals surface area contributed by atoms with E-state index in [0.717, 1.165) is 43.4 Å². The Labute approximate surface area is 148 Å². The van der Waals surface area contributed by atoms with Gasteiger partial charge in [-0.3, -0.25) is 0 Å². The summed E-state index contributed by atoms with van der Waals surface area (Å²) < 4.78 is 5.62. The zero-order valence-electron chi connectivity index (χ0n) is 14.9. The smallest absolute Gasteiger partial charge is 0.218 e. The number of anilines is 3. The van der Waals surface area contributed by atoms with Gasteiger partial charge < -0.3 is 20.3 Å². The van der Waals surface area contributed by atoms with Crippen LogP contribution in [0, 0.1) is 0 Å². The van der Waals surface area contributed by atoms with Crippen LogP contribution in [0.3, 0.4) is 0 Å². The van der Waals surface area contributed by atoms with E-state index in [2.05, 4.69) is 35.5 Å². The maximum Gasteiger partial charge on any atom is 0.218 e. The van der Waals surface area contributed by atoms with Crippen molar-refractivity contribution in [2.75, 3.05) is 35.7 Å². The second-order valence-corrected chi connectivity index (χ2v) is 6.29. The quantitative estimate of drug-likeness (QED) is 0.791. The van der Waals surface area contributed by atoms with Crippen molar-refractivity contribution in [3.8, 4) is 5.88 Å². The van der Waals surface area contributed by atoms with E-state index in [9.17, 15) is 0 Å². The highest BCUT2D eigenvalue weighted by molar-refractivity contribution is 5.50. The summed E-state index contributed by atoms with van der Waals surface area (Å²) in [6.07, 6.45) is 5.48. The first-order valence-corrected chi connectivity index (χ1v) is 8.64. The molecule has 8 nitrogen and oxygen atoms in total.